The van der Waals surface area contributed by atoms with Gasteiger partial charge in [-0.3, -0.25) is 0 Å². The normalized spacial score (nSPS) is 13.2. The summed E-state index contributed by atoms with van der Waals surface area (Å²) in [5.74, 6) is 0.884. The average molecular weight is 279 g/mol. The predicted octanol–water partition coefficient (Wildman–Crippen LogP) is 3.77. The largest absolute Gasteiger partial charge is 0.497 e. The Balaban J connectivity index is 2.17. The van der Waals surface area contributed by atoms with E-state index in [-0.39, 0.29) is 5.54 Å². The zero-order chi connectivity index (χ0) is 15.0. The molecule has 0 spiro atoms. The first kappa shape index (κ1) is 17.0. The smallest absolute Gasteiger partial charge is 0.118 e. The van der Waals surface area contributed by atoms with Gasteiger partial charge in [0.1, 0.15) is 5.75 Å². The van der Waals surface area contributed by atoms with E-state index in [1.165, 1.54) is 5.56 Å². The first-order chi connectivity index (χ1) is 9.40. The zero-order valence-electron chi connectivity index (χ0n) is 13.5. The molecule has 3 heteroatoms. The molecule has 1 atom stereocenters. The fourth-order valence-electron chi connectivity index (χ4n) is 1.90. The Morgan fingerprint density at radius 1 is 1.15 bits per heavy atom. The molecule has 0 fully saturated rings. The van der Waals surface area contributed by atoms with E-state index >= 15 is 0 Å². The average Bonchev–Trinajstić information content (AvgIpc) is 2.41. The summed E-state index contributed by atoms with van der Waals surface area (Å²) in [6, 6.07) is 8.03. The number of ether oxygens (including phenoxy) is 2. The molecule has 0 saturated carbocycles. The number of rotatable bonds is 8. The quantitative estimate of drug-likeness (QED) is 0.735. The van der Waals surface area contributed by atoms with Crippen LogP contribution >= 0.6 is 0 Å². The van der Waals surface area contributed by atoms with E-state index in [2.05, 4.69) is 33.0 Å². The molecule has 0 aromatic heterocycles. The Kier molecular flexibility index (Phi) is 7.03. The molecule has 0 heterocycles. The molecule has 1 N–H and O–H groups in total. The van der Waals surface area contributed by atoms with Crippen molar-refractivity contribution in [2.45, 2.75) is 58.8 Å². The van der Waals surface area contributed by atoms with Crippen molar-refractivity contribution in [3.63, 3.8) is 0 Å². The van der Waals surface area contributed by atoms with E-state index in [1.807, 2.05) is 24.3 Å². The van der Waals surface area contributed by atoms with Gasteiger partial charge in [-0.25, -0.2) is 0 Å². The first-order valence-electron chi connectivity index (χ1n) is 7.40. The number of nitrogens with one attached hydrogen (secondary N) is 1. The Labute approximate surface area is 123 Å². The van der Waals surface area contributed by atoms with Gasteiger partial charge in [0.15, 0.2) is 0 Å². The van der Waals surface area contributed by atoms with Gasteiger partial charge in [0.25, 0.3) is 0 Å². The van der Waals surface area contributed by atoms with E-state index in [4.69, 9.17) is 9.47 Å². The first-order valence-corrected chi connectivity index (χ1v) is 7.40. The minimum absolute atomic E-state index is 0.202. The van der Waals surface area contributed by atoms with Crippen LogP contribution in [0.2, 0.25) is 0 Å². The third-order valence-corrected chi connectivity index (χ3v) is 3.14. The molecule has 1 rings (SSSR count). The SMILES string of the molecule is COc1ccc(COC(C)CCCNC(C)(C)C)cc1. The van der Waals surface area contributed by atoms with Crippen molar-refractivity contribution < 1.29 is 9.47 Å². The van der Waals surface area contributed by atoms with Crippen LogP contribution in [-0.2, 0) is 11.3 Å². The van der Waals surface area contributed by atoms with E-state index in [1.54, 1.807) is 7.11 Å². The van der Waals surface area contributed by atoms with Crippen LogP contribution in [0.15, 0.2) is 24.3 Å². The van der Waals surface area contributed by atoms with Gasteiger partial charge in [-0.2, -0.15) is 0 Å². The third kappa shape index (κ3) is 7.51. The number of hydrogen-bond donors (Lipinski definition) is 1. The van der Waals surface area contributed by atoms with Gasteiger partial charge in [0.2, 0.25) is 0 Å². The van der Waals surface area contributed by atoms with E-state index in [0.29, 0.717) is 12.7 Å². The molecule has 0 bridgehead atoms. The summed E-state index contributed by atoms with van der Waals surface area (Å²) in [5, 5.41) is 3.49. The van der Waals surface area contributed by atoms with Crippen LogP contribution < -0.4 is 10.1 Å². The van der Waals surface area contributed by atoms with Crippen LogP contribution in [0.1, 0.15) is 46.1 Å². The van der Waals surface area contributed by atoms with Crippen molar-refractivity contribution in [2.75, 3.05) is 13.7 Å². The molecular weight excluding hydrogens is 250 g/mol. The van der Waals surface area contributed by atoms with E-state index in [9.17, 15) is 0 Å². The molecule has 0 aliphatic rings. The van der Waals surface area contributed by atoms with Gasteiger partial charge in [-0.1, -0.05) is 12.1 Å². The van der Waals surface area contributed by atoms with Crippen molar-refractivity contribution in [1.82, 2.24) is 5.32 Å². The Hall–Kier alpha value is -1.06. The molecule has 0 saturated heterocycles. The van der Waals surface area contributed by atoms with Gasteiger partial charge in [-0.15, -0.1) is 0 Å². The second-order valence-electron chi connectivity index (χ2n) is 6.29. The molecule has 1 unspecified atom stereocenters. The summed E-state index contributed by atoms with van der Waals surface area (Å²) in [5.41, 5.74) is 1.39. The molecule has 3 nitrogen and oxygen atoms in total. The highest BCUT2D eigenvalue weighted by molar-refractivity contribution is 5.26. The molecule has 0 amide bonds. The molecule has 0 radical (unpaired) electrons. The summed E-state index contributed by atoms with van der Waals surface area (Å²) >= 11 is 0. The fraction of sp³-hybridized carbons (Fsp3) is 0.647. The monoisotopic (exact) mass is 279 g/mol. The Morgan fingerprint density at radius 3 is 2.35 bits per heavy atom. The molecule has 1 aromatic carbocycles. The van der Waals surface area contributed by atoms with Crippen LogP contribution in [0.3, 0.4) is 0 Å². The Bertz CT molecular complexity index is 368. The predicted molar refractivity (Wildman–Crippen MR) is 84.2 cm³/mol. The summed E-state index contributed by atoms with van der Waals surface area (Å²) in [4.78, 5) is 0. The maximum absolute atomic E-state index is 5.87. The second kappa shape index (κ2) is 8.28. The lowest BCUT2D eigenvalue weighted by molar-refractivity contribution is 0.0461. The molecular formula is C17H29NO2. The van der Waals surface area contributed by atoms with Crippen molar-refractivity contribution in [3.8, 4) is 5.75 Å². The summed E-state index contributed by atoms with van der Waals surface area (Å²) in [6.07, 6.45) is 2.51. The topological polar surface area (TPSA) is 30.5 Å². The number of hydrogen-bond acceptors (Lipinski definition) is 3. The standard InChI is InChI=1S/C17H29NO2/c1-14(7-6-12-18-17(2,3)4)20-13-15-8-10-16(19-5)11-9-15/h8-11,14,18H,6-7,12-13H2,1-5H3. The van der Waals surface area contributed by atoms with E-state index in [0.717, 1.165) is 25.1 Å². The molecule has 1 aromatic rings. The highest BCUT2D eigenvalue weighted by Gasteiger charge is 2.08. The summed E-state index contributed by atoms with van der Waals surface area (Å²) in [6.45, 7) is 10.4. The summed E-state index contributed by atoms with van der Waals surface area (Å²) < 4.78 is 11.0. The van der Waals surface area contributed by atoms with Crippen molar-refractivity contribution in [2.24, 2.45) is 0 Å². The highest BCUT2D eigenvalue weighted by atomic mass is 16.5. The molecule has 0 aliphatic heterocycles. The lowest BCUT2D eigenvalue weighted by Gasteiger charge is -2.21. The third-order valence-electron chi connectivity index (χ3n) is 3.14. The van der Waals surface area contributed by atoms with Crippen LogP contribution in [0.5, 0.6) is 5.75 Å². The van der Waals surface area contributed by atoms with Gasteiger partial charge in [0.05, 0.1) is 19.8 Å². The van der Waals surface area contributed by atoms with Gasteiger partial charge in [0, 0.05) is 5.54 Å². The maximum atomic E-state index is 5.87. The van der Waals surface area contributed by atoms with Gasteiger partial charge < -0.3 is 14.8 Å². The van der Waals surface area contributed by atoms with Crippen molar-refractivity contribution in [1.29, 1.82) is 0 Å². The molecule has 0 aliphatic carbocycles. The minimum atomic E-state index is 0.202. The minimum Gasteiger partial charge on any atom is -0.497 e. The Morgan fingerprint density at radius 2 is 1.80 bits per heavy atom. The van der Waals surface area contributed by atoms with Crippen LogP contribution in [0.25, 0.3) is 0 Å². The molecule has 114 valence electrons. The highest BCUT2D eigenvalue weighted by Crippen LogP contribution is 2.13. The maximum Gasteiger partial charge on any atom is 0.118 e. The van der Waals surface area contributed by atoms with Crippen LogP contribution in [0, 0.1) is 0 Å². The summed E-state index contributed by atoms with van der Waals surface area (Å²) in [7, 11) is 1.68. The van der Waals surface area contributed by atoms with Crippen LogP contribution in [0.4, 0.5) is 0 Å². The fourth-order valence-corrected chi connectivity index (χ4v) is 1.90. The lowest BCUT2D eigenvalue weighted by atomic mass is 10.1. The van der Waals surface area contributed by atoms with Gasteiger partial charge in [-0.05, 0) is 64.8 Å². The lowest BCUT2D eigenvalue weighted by Crippen LogP contribution is -2.36. The number of benzene rings is 1. The zero-order valence-corrected chi connectivity index (χ0v) is 13.5. The molecule has 20 heavy (non-hydrogen) atoms. The van der Waals surface area contributed by atoms with Crippen LogP contribution in [-0.4, -0.2) is 25.3 Å². The van der Waals surface area contributed by atoms with Gasteiger partial charge >= 0.3 is 0 Å². The van der Waals surface area contributed by atoms with Crippen molar-refractivity contribution >= 4 is 0 Å². The van der Waals surface area contributed by atoms with Crippen molar-refractivity contribution in [3.05, 3.63) is 29.8 Å². The number of methoxy groups -OCH3 is 1. The second-order valence-corrected chi connectivity index (χ2v) is 6.29. The van der Waals surface area contributed by atoms with E-state index < -0.39 is 0 Å².